The fraction of sp³-hybridized carbons (Fsp3) is 0.464. The molecule has 1 aromatic heterocycles. The SMILES string of the molecule is CCCn1c(C)c(C)c2cc(C(=O)N3CCN(CCO)CC3)cc(NCc3cccc4c3OCO4)c21. The van der Waals surface area contributed by atoms with Gasteiger partial charge in [0.1, 0.15) is 0 Å². The monoisotopic (exact) mass is 492 g/mol. The van der Waals surface area contributed by atoms with Gasteiger partial charge in [0.05, 0.1) is 17.8 Å². The zero-order valence-corrected chi connectivity index (χ0v) is 21.5. The molecule has 192 valence electrons. The maximum Gasteiger partial charge on any atom is 0.254 e. The number of nitrogens with zero attached hydrogens (tertiary/aromatic N) is 3. The normalized spacial score (nSPS) is 15.6. The van der Waals surface area contributed by atoms with Crippen LogP contribution in [0.4, 0.5) is 5.69 Å². The van der Waals surface area contributed by atoms with Gasteiger partial charge in [0, 0.05) is 68.0 Å². The zero-order chi connectivity index (χ0) is 25.2. The van der Waals surface area contributed by atoms with Crippen molar-refractivity contribution in [1.82, 2.24) is 14.4 Å². The summed E-state index contributed by atoms with van der Waals surface area (Å²) in [5.74, 6) is 1.61. The van der Waals surface area contributed by atoms with Crippen molar-refractivity contribution >= 4 is 22.5 Å². The maximum atomic E-state index is 13.6. The number of piperazine rings is 1. The Labute approximate surface area is 212 Å². The van der Waals surface area contributed by atoms with Crippen LogP contribution in [0.15, 0.2) is 30.3 Å². The number of carbonyl (C=O) groups is 1. The second-order valence-electron chi connectivity index (χ2n) is 9.64. The number of benzene rings is 2. The van der Waals surface area contributed by atoms with Crippen molar-refractivity contribution < 1.29 is 19.4 Å². The van der Waals surface area contributed by atoms with Crippen molar-refractivity contribution in [2.45, 2.75) is 40.3 Å². The molecule has 0 radical (unpaired) electrons. The Kier molecular flexibility index (Phi) is 7.07. The summed E-state index contributed by atoms with van der Waals surface area (Å²) in [6.45, 7) is 11.9. The summed E-state index contributed by atoms with van der Waals surface area (Å²) in [5.41, 5.74) is 6.26. The van der Waals surface area contributed by atoms with Gasteiger partial charge in [-0.2, -0.15) is 0 Å². The highest BCUT2D eigenvalue weighted by atomic mass is 16.7. The molecule has 5 rings (SSSR count). The van der Waals surface area contributed by atoms with Crippen molar-refractivity contribution in [1.29, 1.82) is 0 Å². The quantitative estimate of drug-likeness (QED) is 0.499. The lowest BCUT2D eigenvalue weighted by molar-refractivity contribution is 0.0615. The van der Waals surface area contributed by atoms with Crippen molar-refractivity contribution in [2.24, 2.45) is 0 Å². The van der Waals surface area contributed by atoms with Gasteiger partial charge in [-0.05, 0) is 44.0 Å². The molecule has 1 saturated heterocycles. The molecule has 8 nitrogen and oxygen atoms in total. The van der Waals surface area contributed by atoms with Gasteiger partial charge in [0.25, 0.3) is 5.91 Å². The molecular formula is C28H36N4O4. The minimum absolute atomic E-state index is 0.0567. The van der Waals surface area contributed by atoms with Crippen LogP contribution >= 0.6 is 0 Å². The first-order chi connectivity index (χ1) is 17.5. The molecule has 8 heteroatoms. The van der Waals surface area contributed by atoms with Gasteiger partial charge in [-0.1, -0.05) is 19.1 Å². The number of β-amino-alcohol motifs (C(OH)–C–C–N with tert-alkyl or cyclic N) is 1. The van der Waals surface area contributed by atoms with E-state index in [0.29, 0.717) is 31.7 Å². The van der Waals surface area contributed by atoms with Crippen LogP contribution in [0.25, 0.3) is 10.9 Å². The van der Waals surface area contributed by atoms with Gasteiger partial charge in [0.2, 0.25) is 6.79 Å². The lowest BCUT2D eigenvalue weighted by atomic mass is 10.1. The first kappa shape index (κ1) is 24.5. The summed E-state index contributed by atoms with van der Waals surface area (Å²) in [6.07, 6.45) is 1.03. The summed E-state index contributed by atoms with van der Waals surface area (Å²) in [7, 11) is 0. The first-order valence-electron chi connectivity index (χ1n) is 12.9. The predicted octanol–water partition coefficient (Wildman–Crippen LogP) is 3.76. The number of aliphatic hydroxyl groups is 1. The van der Waals surface area contributed by atoms with Crippen LogP contribution in [0.5, 0.6) is 11.5 Å². The molecular weight excluding hydrogens is 456 g/mol. The molecule has 2 aliphatic heterocycles. The van der Waals surface area contributed by atoms with E-state index in [1.165, 1.54) is 11.3 Å². The van der Waals surface area contributed by atoms with E-state index in [1.807, 2.05) is 29.2 Å². The number of aromatic nitrogens is 1. The number of hydrogen-bond acceptors (Lipinski definition) is 6. The number of carbonyl (C=O) groups excluding carboxylic acids is 1. The first-order valence-corrected chi connectivity index (χ1v) is 12.9. The Morgan fingerprint density at radius 1 is 1.08 bits per heavy atom. The Bertz CT molecular complexity index is 1260. The molecule has 0 saturated carbocycles. The second-order valence-corrected chi connectivity index (χ2v) is 9.64. The third kappa shape index (κ3) is 4.51. The minimum atomic E-state index is 0.0567. The number of nitrogens with one attached hydrogen (secondary N) is 1. The lowest BCUT2D eigenvalue weighted by Gasteiger charge is -2.34. The van der Waals surface area contributed by atoms with E-state index in [-0.39, 0.29) is 19.3 Å². The molecule has 2 N–H and O–H groups in total. The summed E-state index contributed by atoms with van der Waals surface area (Å²) in [6, 6.07) is 10.0. The molecule has 0 atom stereocenters. The molecule has 2 aliphatic rings. The molecule has 1 fully saturated rings. The van der Waals surface area contributed by atoms with E-state index in [1.54, 1.807) is 0 Å². The van der Waals surface area contributed by atoms with Gasteiger partial charge in [-0.3, -0.25) is 9.69 Å². The van der Waals surface area contributed by atoms with Crippen LogP contribution in [0.1, 0.15) is 40.5 Å². The predicted molar refractivity (Wildman–Crippen MR) is 141 cm³/mol. The van der Waals surface area contributed by atoms with Gasteiger partial charge < -0.3 is 29.4 Å². The number of rotatable bonds is 8. The number of ether oxygens (including phenoxy) is 2. The topological polar surface area (TPSA) is 79.2 Å². The number of hydrogen-bond donors (Lipinski definition) is 2. The van der Waals surface area contributed by atoms with E-state index < -0.39 is 0 Å². The molecule has 1 amide bonds. The molecule has 36 heavy (non-hydrogen) atoms. The number of aliphatic hydroxyl groups excluding tert-OH is 1. The van der Waals surface area contributed by atoms with E-state index in [0.717, 1.165) is 59.7 Å². The average molecular weight is 493 g/mol. The molecule has 2 aromatic carbocycles. The highest BCUT2D eigenvalue weighted by molar-refractivity contribution is 6.04. The standard InChI is InChI=1S/C28H36N4O4/c1-4-8-32-20(3)19(2)23-15-22(28(34)31-11-9-30(10-12-31)13-14-33)16-24(26(23)32)29-17-21-6-5-7-25-27(21)36-18-35-25/h5-7,15-16,29,33H,4,8-14,17-18H2,1-3H3. The highest BCUT2D eigenvalue weighted by Crippen LogP contribution is 2.37. The van der Waals surface area contributed by atoms with Gasteiger partial charge in [0.15, 0.2) is 11.5 Å². The number of anilines is 1. The van der Waals surface area contributed by atoms with E-state index in [9.17, 15) is 9.90 Å². The van der Waals surface area contributed by atoms with Gasteiger partial charge >= 0.3 is 0 Å². The molecule has 0 aliphatic carbocycles. The number of fused-ring (bicyclic) bond motifs is 2. The minimum Gasteiger partial charge on any atom is -0.454 e. The number of para-hydroxylation sites is 1. The van der Waals surface area contributed by atoms with Crippen molar-refractivity contribution in [3.8, 4) is 11.5 Å². The fourth-order valence-corrected chi connectivity index (χ4v) is 5.36. The molecule has 3 aromatic rings. The molecule has 0 spiro atoms. The van der Waals surface area contributed by atoms with Crippen LogP contribution in [0.2, 0.25) is 0 Å². The van der Waals surface area contributed by atoms with Crippen molar-refractivity contribution in [2.75, 3.05) is 51.4 Å². The van der Waals surface area contributed by atoms with Crippen LogP contribution in [-0.4, -0.2) is 71.5 Å². The Morgan fingerprint density at radius 3 is 2.64 bits per heavy atom. The fourth-order valence-electron chi connectivity index (χ4n) is 5.36. The van der Waals surface area contributed by atoms with E-state index in [4.69, 9.17) is 9.47 Å². The Morgan fingerprint density at radius 2 is 1.89 bits per heavy atom. The van der Waals surface area contributed by atoms with E-state index >= 15 is 0 Å². The number of amides is 1. The maximum absolute atomic E-state index is 13.6. The van der Waals surface area contributed by atoms with Crippen LogP contribution in [0.3, 0.4) is 0 Å². The van der Waals surface area contributed by atoms with Crippen molar-refractivity contribution in [3.63, 3.8) is 0 Å². The Hall–Kier alpha value is -3.23. The zero-order valence-electron chi connectivity index (χ0n) is 21.5. The third-order valence-electron chi connectivity index (χ3n) is 7.45. The lowest BCUT2D eigenvalue weighted by Crippen LogP contribution is -2.49. The molecule has 0 unspecified atom stereocenters. The summed E-state index contributed by atoms with van der Waals surface area (Å²) in [4.78, 5) is 17.7. The van der Waals surface area contributed by atoms with Crippen LogP contribution in [0, 0.1) is 13.8 Å². The van der Waals surface area contributed by atoms with E-state index in [2.05, 4.69) is 41.6 Å². The van der Waals surface area contributed by atoms with Crippen LogP contribution < -0.4 is 14.8 Å². The largest absolute Gasteiger partial charge is 0.454 e. The summed E-state index contributed by atoms with van der Waals surface area (Å²) < 4.78 is 13.6. The molecule has 0 bridgehead atoms. The molecule has 3 heterocycles. The van der Waals surface area contributed by atoms with Gasteiger partial charge in [-0.25, -0.2) is 0 Å². The number of aryl methyl sites for hydroxylation is 2. The smallest absolute Gasteiger partial charge is 0.254 e. The third-order valence-corrected chi connectivity index (χ3v) is 7.45. The average Bonchev–Trinajstić information content (AvgIpc) is 3.47. The summed E-state index contributed by atoms with van der Waals surface area (Å²) >= 11 is 0. The second kappa shape index (κ2) is 10.4. The summed E-state index contributed by atoms with van der Waals surface area (Å²) in [5, 5.41) is 14.0. The van der Waals surface area contributed by atoms with Crippen LogP contribution in [-0.2, 0) is 13.1 Å². The highest BCUT2D eigenvalue weighted by Gasteiger charge is 2.25. The van der Waals surface area contributed by atoms with Crippen molar-refractivity contribution in [3.05, 3.63) is 52.7 Å². The van der Waals surface area contributed by atoms with Gasteiger partial charge in [-0.15, -0.1) is 0 Å². The Balaban J connectivity index is 1.49.